The number of hydrogen-bond donors (Lipinski definition) is 0. The van der Waals surface area contributed by atoms with E-state index in [2.05, 4.69) is 33.4 Å². The normalized spacial score (nSPS) is 19.9. The average molecular weight is 210 g/mol. The first-order valence-electron chi connectivity index (χ1n) is 5.70. The van der Waals surface area contributed by atoms with Crippen LogP contribution in [0.5, 0.6) is 0 Å². The van der Waals surface area contributed by atoms with Crippen molar-refractivity contribution < 1.29 is 9.47 Å². The van der Waals surface area contributed by atoms with E-state index in [1.54, 1.807) is 0 Å². The summed E-state index contributed by atoms with van der Waals surface area (Å²) in [6, 6.07) is 0. The Morgan fingerprint density at radius 2 is 2.00 bits per heavy atom. The number of rotatable bonds is 4. The third kappa shape index (κ3) is 3.98. The average Bonchev–Trinajstić information content (AvgIpc) is 2.16. The molecule has 86 valence electrons. The molecule has 1 heterocycles. The van der Waals surface area contributed by atoms with E-state index < -0.39 is 0 Å². The molecule has 0 bridgehead atoms. The highest BCUT2D eigenvalue weighted by Crippen LogP contribution is 2.29. The largest absolute Gasteiger partial charge is 0.487 e. The van der Waals surface area contributed by atoms with Crippen LogP contribution in [-0.4, -0.2) is 13.2 Å². The fourth-order valence-electron chi connectivity index (χ4n) is 1.79. The molecule has 0 aromatic heterocycles. The summed E-state index contributed by atoms with van der Waals surface area (Å²) in [5.74, 6) is 1.50. The summed E-state index contributed by atoms with van der Waals surface area (Å²) >= 11 is 0. The van der Waals surface area contributed by atoms with Gasteiger partial charge in [-0.1, -0.05) is 33.8 Å². The van der Waals surface area contributed by atoms with Crippen LogP contribution in [-0.2, 0) is 9.47 Å². The molecule has 0 atom stereocenters. The quantitative estimate of drug-likeness (QED) is 0.705. The summed E-state index contributed by atoms with van der Waals surface area (Å²) in [5.41, 5.74) is 0.336. The Bertz CT molecular complexity index is 251. The lowest BCUT2D eigenvalue weighted by atomic mass is 9.84. The lowest BCUT2D eigenvalue weighted by Crippen LogP contribution is -2.15. The maximum atomic E-state index is 5.50. The van der Waals surface area contributed by atoms with Gasteiger partial charge in [0.2, 0.25) is 0 Å². The molecular weight excluding hydrogens is 188 g/mol. The Balaban J connectivity index is 2.51. The number of ether oxygens (including phenoxy) is 2. The van der Waals surface area contributed by atoms with Crippen molar-refractivity contribution in [2.24, 2.45) is 5.41 Å². The Morgan fingerprint density at radius 3 is 2.60 bits per heavy atom. The molecule has 1 aliphatic heterocycles. The molecule has 1 rings (SSSR count). The lowest BCUT2D eigenvalue weighted by molar-refractivity contribution is 0.0593. The molecule has 0 aromatic rings. The highest BCUT2D eigenvalue weighted by atomic mass is 16.6. The molecule has 0 aromatic carbocycles. The van der Waals surface area contributed by atoms with Gasteiger partial charge in [0.1, 0.15) is 13.2 Å². The van der Waals surface area contributed by atoms with Crippen molar-refractivity contribution in [2.75, 3.05) is 13.2 Å². The molecule has 0 saturated carbocycles. The molecule has 0 radical (unpaired) electrons. The zero-order valence-corrected chi connectivity index (χ0v) is 10.1. The Morgan fingerprint density at radius 1 is 1.33 bits per heavy atom. The third-order valence-electron chi connectivity index (χ3n) is 2.66. The van der Waals surface area contributed by atoms with Crippen molar-refractivity contribution in [1.29, 1.82) is 0 Å². The van der Waals surface area contributed by atoms with Crippen LogP contribution in [0.3, 0.4) is 0 Å². The van der Waals surface area contributed by atoms with Crippen molar-refractivity contribution >= 4 is 0 Å². The van der Waals surface area contributed by atoms with Gasteiger partial charge < -0.3 is 9.47 Å². The van der Waals surface area contributed by atoms with E-state index in [0.717, 1.165) is 12.2 Å². The first kappa shape index (κ1) is 12.2. The second kappa shape index (κ2) is 5.24. The Hall–Kier alpha value is -0.920. The van der Waals surface area contributed by atoms with Crippen LogP contribution in [0.15, 0.2) is 24.2 Å². The zero-order chi connectivity index (χ0) is 11.3. The molecule has 0 spiro atoms. The van der Waals surface area contributed by atoms with Crippen molar-refractivity contribution in [3.63, 3.8) is 0 Å². The number of allylic oxidation sites excluding steroid dienone is 1. The summed E-state index contributed by atoms with van der Waals surface area (Å²) in [7, 11) is 0. The van der Waals surface area contributed by atoms with Gasteiger partial charge in [-0.2, -0.15) is 0 Å². The fraction of sp³-hybridized carbons (Fsp3) is 0.692. The van der Waals surface area contributed by atoms with Gasteiger partial charge in [0.25, 0.3) is 0 Å². The van der Waals surface area contributed by atoms with Gasteiger partial charge in [0, 0.05) is 0 Å². The van der Waals surface area contributed by atoms with E-state index in [0.29, 0.717) is 24.4 Å². The standard InChI is InChI=1S/C13H22O2/c1-5-7-13(3,4)8-6-12-11(2)14-9-10-15-12/h6H,2,5,7-10H2,1,3-4H3/b12-6+. The first-order chi connectivity index (χ1) is 7.05. The van der Waals surface area contributed by atoms with Gasteiger partial charge in [-0.15, -0.1) is 0 Å². The van der Waals surface area contributed by atoms with Crippen molar-refractivity contribution in [3.05, 3.63) is 24.2 Å². The molecule has 1 saturated heterocycles. The third-order valence-corrected chi connectivity index (χ3v) is 2.66. The van der Waals surface area contributed by atoms with Crippen molar-refractivity contribution in [1.82, 2.24) is 0 Å². The molecule has 2 heteroatoms. The minimum atomic E-state index is 0.336. The van der Waals surface area contributed by atoms with E-state index in [-0.39, 0.29) is 0 Å². The van der Waals surface area contributed by atoms with Gasteiger partial charge in [-0.05, 0) is 24.3 Å². The Labute approximate surface area is 93.0 Å². The van der Waals surface area contributed by atoms with Gasteiger partial charge >= 0.3 is 0 Å². The van der Waals surface area contributed by atoms with Crippen molar-refractivity contribution in [2.45, 2.75) is 40.0 Å². The summed E-state index contributed by atoms with van der Waals surface area (Å²) in [5, 5.41) is 0. The maximum absolute atomic E-state index is 5.50. The van der Waals surface area contributed by atoms with Crippen molar-refractivity contribution in [3.8, 4) is 0 Å². The van der Waals surface area contributed by atoms with Gasteiger partial charge in [0.05, 0.1) is 0 Å². The molecule has 1 aliphatic rings. The van der Waals surface area contributed by atoms with Crippen LogP contribution in [0.4, 0.5) is 0 Å². The molecular formula is C13H22O2. The van der Waals surface area contributed by atoms with Gasteiger partial charge in [-0.3, -0.25) is 0 Å². The first-order valence-corrected chi connectivity index (χ1v) is 5.70. The predicted octanol–water partition coefficient (Wildman–Crippen LogP) is 3.65. The van der Waals surface area contributed by atoms with Crippen LogP contribution in [0.25, 0.3) is 0 Å². The lowest BCUT2D eigenvalue weighted by Gasteiger charge is -2.24. The minimum absolute atomic E-state index is 0.336. The number of hydrogen-bond acceptors (Lipinski definition) is 2. The van der Waals surface area contributed by atoms with E-state index in [4.69, 9.17) is 9.47 Å². The van der Waals surface area contributed by atoms with E-state index in [1.807, 2.05) is 0 Å². The van der Waals surface area contributed by atoms with Crippen LogP contribution in [0.1, 0.15) is 40.0 Å². The second-order valence-corrected chi connectivity index (χ2v) is 4.81. The Kier molecular flexibility index (Phi) is 4.25. The summed E-state index contributed by atoms with van der Waals surface area (Å²) < 4.78 is 10.8. The van der Waals surface area contributed by atoms with Crippen LogP contribution in [0, 0.1) is 5.41 Å². The van der Waals surface area contributed by atoms with Crippen LogP contribution in [0.2, 0.25) is 0 Å². The monoisotopic (exact) mass is 210 g/mol. The summed E-state index contributed by atoms with van der Waals surface area (Å²) in [6.45, 7) is 11.9. The fourth-order valence-corrected chi connectivity index (χ4v) is 1.79. The second-order valence-electron chi connectivity index (χ2n) is 4.81. The maximum Gasteiger partial charge on any atom is 0.156 e. The van der Waals surface area contributed by atoms with Gasteiger partial charge in [-0.25, -0.2) is 0 Å². The van der Waals surface area contributed by atoms with Gasteiger partial charge in [0.15, 0.2) is 11.5 Å². The molecule has 0 amide bonds. The molecule has 1 fully saturated rings. The molecule has 15 heavy (non-hydrogen) atoms. The van der Waals surface area contributed by atoms with E-state index in [1.165, 1.54) is 12.8 Å². The molecule has 0 unspecified atom stereocenters. The molecule has 2 nitrogen and oxygen atoms in total. The minimum Gasteiger partial charge on any atom is -0.487 e. The summed E-state index contributed by atoms with van der Waals surface area (Å²) in [4.78, 5) is 0. The van der Waals surface area contributed by atoms with E-state index >= 15 is 0 Å². The topological polar surface area (TPSA) is 18.5 Å². The van der Waals surface area contributed by atoms with E-state index in [9.17, 15) is 0 Å². The van der Waals surface area contributed by atoms with Crippen LogP contribution < -0.4 is 0 Å². The molecule has 0 N–H and O–H groups in total. The zero-order valence-electron chi connectivity index (χ0n) is 10.1. The SMILES string of the molecule is C=C1OCCO/C1=C/CC(C)(C)CCC. The summed E-state index contributed by atoms with van der Waals surface area (Å²) in [6.07, 6.45) is 5.56. The highest BCUT2D eigenvalue weighted by Gasteiger charge is 2.17. The smallest absolute Gasteiger partial charge is 0.156 e. The van der Waals surface area contributed by atoms with Crippen LogP contribution >= 0.6 is 0 Å². The molecule has 0 aliphatic carbocycles. The predicted molar refractivity (Wildman–Crippen MR) is 62.4 cm³/mol. The highest BCUT2D eigenvalue weighted by molar-refractivity contribution is 5.18.